The lowest BCUT2D eigenvalue weighted by Crippen LogP contribution is -2.31. The molecule has 0 saturated heterocycles. The molecule has 1 amide bonds. The molecule has 0 unspecified atom stereocenters. The molecule has 0 aliphatic heterocycles. The van der Waals surface area contributed by atoms with E-state index in [-0.39, 0.29) is 28.2 Å². The molecule has 34 heavy (non-hydrogen) atoms. The van der Waals surface area contributed by atoms with Crippen LogP contribution in [0.2, 0.25) is 0 Å². The molecule has 0 radical (unpaired) electrons. The molecule has 1 fully saturated rings. The largest absolute Gasteiger partial charge is 0.446 e. The first-order chi connectivity index (χ1) is 16.3. The second-order valence-electron chi connectivity index (χ2n) is 8.91. The molecule has 3 heterocycles. The van der Waals surface area contributed by atoms with Crippen LogP contribution in [0.1, 0.15) is 37.5 Å². The van der Waals surface area contributed by atoms with Gasteiger partial charge in [-0.25, -0.2) is 23.2 Å². The van der Waals surface area contributed by atoms with E-state index in [4.69, 9.17) is 9.72 Å². The molecule has 1 aliphatic rings. The summed E-state index contributed by atoms with van der Waals surface area (Å²) >= 11 is 0. The van der Waals surface area contributed by atoms with Gasteiger partial charge in [0.25, 0.3) is 0 Å². The Bertz CT molecular complexity index is 1470. The van der Waals surface area contributed by atoms with Gasteiger partial charge in [-0.05, 0) is 50.8 Å². The summed E-state index contributed by atoms with van der Waals surface area (Å²) in [5.74, 6) is 0.740. The van der Waals surface area contributed by atoms with Crippen molar-refractivity contribution in [2.24, 2.45) is 0 Å². The molecular weight excluding hydrogens is 454 g/mol. The number of aryl methyl sites for hydroxylation is 1. The smallest absolute Gasteiger partial charge is 0.409 e. The summed E-state index contributed by atoms with van der Waals surface area (Å²) in [5, 5.41) is 0.794. The number of hydrogen-bond acceptors (Lipinski definition) is 6. The predicted molar refractivity (Wildman–Crippen MR) is 127 cm³/mol. The Balaban J connectivity index is 1.58. The summed E-state index contributed by atoms with van der Waals surface area (Å²) in [6.07, 6.45) is 4.38. The number of sulfone groups is 1. The van der Waals surface area contributed by atoms with E-state index in [1.165, 1.54) is 4.90 Å². The summed E-state index contributed by atoms with van der Waals surface area (Å²) in [4.78, 5) is 25.8. The van der Waals surface area contributed by atoms with E-state index >= 15 is 0 Å². The minimum atomic E-state index is -3.87. The van der Waals surface area contributed by atoms with Gasteiger partial charge >= 0.3 is 6.09 Å². The average Bonchev–Trinajstić information content (AvgIpc) is 3.43. The van der Waals surface area contributed by atoms with Gasteiger partial charge in [-0.1, -0.05) is 18.2 Å². The lowest BCUT2D eigenvalue weighted by molar-refractivity contribution is 0.0480. The second kappa shape index (κ2) is 8.43. The van der Waals surface area contributed by atoms with Crippen molar-refractivity contribution in [2.45, 2.75) is 54.7 Å². The zero-order valence-corrected chi connectivity index (χ0v) is 20.2. The zero-order valence-electron chi connectivity index (χ0n) is 19.4. The molecule has 1 aromatic carbocycles. The third kappa shape index (κ3) is 3.71. The normalized spacial score (nSPS) is 18.9. The first kappa shape index (κ1) is 22.4. The van der Waals surface area contributed by atoms with Gasteiger partial charge in [0, 0.05) is 31.7 Å². The van der Waals surface area contributed by atoms with E-state index in [9.17, 15) is 13.2 Å². The number of pyridine rings is 1. The van der Waals surface area contributed by atoms with E-state index < -0.39 is 9.84 Å². The quantitative estimate of drug-likeness (QED) is 0.467. The van der Waals surface area contributed by atoms with Gasteiger partial charge in [-0.3, -0.25) is 0 Å². The van der Waals surface area contributed by atoms with Gasteiger partial charge in [0.2, 0.25) is 9.84 Å². The number of fused-ring (bicyclic) bond motifs is 3. The fraction of sp³-hybridized carbons (Fsp3) is 0.375. The van der Waals surface area contributed by atoms with Gasteiger partial charge < -0.3 is 19.2 Å². The van der Waals surface area contributed by atoms with E-state index in [1.807, 2.05) is 13.0 Å². The van der Waals surface area contributed by atoms with E-state index in [1.54, 1.807) is 50.6 Å². The Morgan fingerprint density at radius 3 is 2.47 bits per heavy atom. The van der Waals surface area contributed by atoms with Crippen molar-refractivity contribution in [2.75, 3.05) is 14.1 Å². The molecule has 4 aromatic rings. The van der Waals surface area contributed by atoms with Crippen molar-refractivity contribution in [3.63, 3.8) is 0 Å². The molecule has 5 rings (SSSR count). The number of carbonyl (C=O) groups is 1. The average molecular weight is 482 g/mol. The molecule has 1 aliphatic carbocycles. The van der Waals surface area contributed by atoms with Gasteiger partial charge in [-0.2, -0.15) is 0 Å². The Morgan fingerprint density at radius 1 is 1.09 bits per heavy atom. The first-order valence-electron chi connectivity index (χ1n) is 11.3. The molecule has 1 N–H and O–H groups in total. The number of rotatable bonds is 4. The number of carbonyl (C=O) groups excluding carboxylic acids is 1. The second-order valence-corrected chi connectivity index (χ2v) is 10.8. The minimum absolute atomic E-state index is 0.0425. The van der Waals surface area contributed by atoms with Crippen LogP contribution in [0.4, 0.5) is 4.79 Å². The van der Waals surface area contributed by atoms with Crippen molar-refractivity contribution >= 4 is 38.0 Å². The van der Waals surface area contributed by atoms with Crippen LogP contribution in [0.5, 0.6) is 0 Å². The third-order valence-electron chi connectivity index (χ3n) is 6.43. The van der Waals surface area contributed by atoms with Crippen molar-refractivity contribution < 1.29 is 17.9 Å². The number of benzene rings is 1. The van der Waals surface area contributed by atoms with Crippen molar-refractivity contribution in [1.82, 2.24) is 24.4 Å². The number of imidazole rings is 1. The van der Waals surface area contributed by atoms with Crippen LogP contribution in [0, 0.1) is 6.92 Å². The monoisotopic (exact) mass is 481 g/mol. The van der Waals surface area contributed by atoms with Gasteiger partial charge in [-0.15, -0.1) is 0 Å². The number of amides is 1. The Kier molecular flexibility index (Phi) is 5.55. The molecule has 3 aromatic heterocycles. The number of ether oxygens (including phenoxy) is 1. The molecule has 9 nitrogen and oxygen atoms in total. The molecular formula is C24H27N5O4S. The summed E-state index contributed by atoms with van der Waals surface area (Å²) in [6, 6.07) is 10.3. The van der Waals surface area contributed by atoms with Crippen LogP contribution >= 0.6 is 0 Å². The first-order valence-corrected chi connectivity index (χ1v) is 12.8. The van der Waals surface area contributed by atoms with Crippen LogP contribution in [-0.4, -0.2) is 59.1 Å². The van der Waals surface area contributed by atoms with Crippen LogP contribution < -0.4 is 0 Å². The maximum absolute atomic E-state index is 13.5. The summed E-state index contributed by atoms with van der Waals surface area (Å²) in [5.41, 5.74) is 1.67. The number of nitrogens with one attached hydrogen (secondary N) is 1. The van der Waals surface area contributed by atoms with E-state index in [0.29, 0.717) is 11.2 Å². The highest BCUT2D eigenvalue weighted by Crippen LogP contribution is 2.38. The molecule has 0 bridgehead atoms. The van der Waals surface area contributed by atoms with E-state index in [0.717, 1.165) is 42.4 Å². The topological polar surface area (TPSA) is 110 Å². The van der Waals surface area contributed by atoms with Gasteiger partial charge in [0.15, 0.2) is 5.03 Å². The Labute approximate surface area is 197 Å². The van der Waals surface area contributed by atoms with Crippen LogP contribution in [0.25, 0.3) is 22.1 Å². The summed E-state index contributed by atoms with van der Waals surface area (Å²) in [6.45, 7) is 1.90. The number of hydrogen-bond donors (Lipinski definition) is 1. The standard InChI is InChI=1S/C24H27N5O4S/c1-15-26-20-21(29(15)16-9-11-17(12-10-16)33-24(30)28(2)3)19-13-14-25-22(19)27-23(20)34(31,32)18-7-5-4-6-8-18/h4-8,13-14,16-17H,9-12H2,1-3H3,(H,25,27). The molecule has 0 spiro atoms. The third-order valence-corrected chi connectivity index (χ3v) is 8.12. The highest BCUT2D eigenvalue weighted by Gasteiger charge is 2.31. The summed E-state index contributed by atoms with van der Waals surface area (Å²) in [7, 11) is -0.523. The number of aromatic amines is 1. The lowest BCUT2D eigenvalue weighted by atomic mass is 9.92. The van der Waals surface area contributed by atoms with Crippen LogP contribution in [0.15, 0.2) is 52.5 Å². The number of H-pyrrole nitrogens is 1. The fourth-order valence-corrected chi connectivity index (χ4v) is 6.11. The Hall–Kier alpha value is -3.40. The van der Waals surface area contributed by atoms with Crippen molar-refractivity contribution in [3.8, 4) is 0 Å². The summed E-state index contributed by atoms with van der Waals surface area (Å²) < 4.78 is 34.8. The van der Waals surface area contributed by atoms with Crippen LogP contribution in [0.3, 0.4) is 0 Å². The minimum Gasteiger partial charge on any atom is -0.446 e. The molecule has 10 heteroatoms. The van der Waals surface area contributed by atoms with Gasteiger partial charge in [0.05, 0.1) is 10.4 Å². The lowest BCUT2D eigenvalue weighted by Gasteiger charge is -2.31. The Morgan fingerprint density at radius 2 is 1.79 bits per heavy atom. The highest BCUT2D eigenvalue weighted by atomic mass is 32.2. The highest BCUT2D eigenvalue weighted by molar-refractivity contribution is 7.91. The molecule has 0 atom stereocenters. The SMILES string of the molecule is Cc1nc2c(S(=O)(=O)c3ccccc3)nc3[nH]ccc3c2n1C1CCC(OC(=O)N(C)C)CC1. The van der Waals surface area contributed by atoms with E-state index in [2.05, 4.69) is 14.5 Å². The number of nitrogens with zero attached hydrogens (tertiary/aromatic N) is 4. The predicted octanol–water partition coefficient (Wildman–Crippen LogP) is 4.24. The van der Waals surface area contributed by atoms with Crippen molar-refractivity contribution in [3.05, 3.63) is 48.4 Å². The molecule has 1 saturated carbocycles. The fourth-order valence-electron chi connectivity index (χ4n) is 4.76. The van der Waals surface area contributed by atoms with Gasteiger partial charge in [0.1, 0.15) is 23.1 Å². The zero-order chi connectivity index (χ0) is 24.0. The number of aromatic nitrogens is 4. The van der Waals surface area contributed by atoms with Crippen molar-refractivity contribution in [1.29, 1.82) is 0 Å². The molecule has 178 valence electrons. The maximum Gasteiger partial charge on any atom is 0.409 e. The van der Waals surface area contributed by atoms with Crippen LogP contribution in [-0.2, 0) is 14.6 Å². The maximum atomic E-state index is 13.5.